The van der Waals surface area contributed by atoms with E-state index in [9.17, 15) is 8.42 Å². The summed E-state index contributed by atoms with van der Waals surface area (Å²) >= 11 is 7.33. The molecule has 0 spiro atoms. The van der Waals surface area contributed by atoms with Crippen molar-refractivity contribution >= 4 is 33.4 Å². The largest absolute Gasteiger partial charge is 0.354 e. The fourth-order valence-electron chi connectivity index (χ4n) is 2.81. The highest BCUT2D eigenvalue weighted by atomic mass is 35.5. The molecule has 0 N–H and O–H groups in total. The van der Waals surface area contributed by atoms with Crippen LogP contribution < -0.4 is 0 Å². The molecule has 2 heterocycles. The molecule has 0 aliphatic heterocycles. The first-order chi connectivity index (χ1) is 15.3. The van der Waals surface area contributed by atoms with E-state index in [0.29, 0.717) is 34.0 Å². The first kappa shape index (κ1) is 24.6. The van der Waals surface area contributed by atoms with E-state index >= 15 is 0 Å². The first-order valence-corrected chi connectivity index (χ1v) is 12.3. The van der Waals surface area contributed by atoms with Gasteiger partial charge in [0.05, 0.1) is 11.4 Å². The van der Waals surface area contributed by atoms with E-state index in [2.05, 4.69) is 15.2 Å². The Labute approximate surface area is 196 Å². The zero-order valence-corrected chi connectivity index (χ0v) is 20.5. The Morgan fingerprint density at radius 3 is 2.53 bits per heavy atom. The standard InChI is InChI=1S/C20H24ClN5O4S2/c1-25(2)32(27,28)16-7-5-6-15(10-16)19-23-24-20(26(19)12-18(29-3)30-4)31-13-14-8-9-17(21)22-11-14/h5-11,18H,12-13H2,1-4H3. The van der Waals surface area contributed by atoms with E-state index in [-0.39, 0.29) is 4.90 Å². The van der Waals surface area contributed by atoms with Gasteiger partial charge < -0.3 is 9.47 Å². The number of ether oxygens (including phenoxy) is 2. The molecule has 0 radical (unpaired) electrons. The molecule has 2 aromatic heterocycles. The summed E-state index contributed by atoms with van der Waals surface area (Å²) in [7, 11) is 2.49. The van der Waals surface area contributed by atoms with E-state index < -0.39 is 16.3 Å². The highest BCUT2D eigenvalue weighted by Crippen LogP contribution is 2.28. The third kappa shape index (κ3) is 5.66. The molecule has 0 aliphatic rings. The summed E-state index contributed by atoms with van der Waals surface area (Å²) in [5.74, 6) is 1.11. The Balaban J connectivity index is 1.97. The van der Waals surface area contributed by atoms with E-state index in [0.717, 1.165) is 5.56 Å². The number of nitrogens with zero attached hydrogens (tertiary/aromatic N) is 5. The fraction of sp³-hybridized carbons (Fsp3) is 0.350. The van der Waals surface area contributed by atoms with Gasteiger partial charge in [-0.2, -0.15) is 0 Å². The molecule has 9 nitrogen and oxygen atoms in total. The second-order valence-electron chi connectivity index (χ2n) is 6.91. The Kier molecular flexibility index (Phi) is 8.26. The van der Waals surface area contributed by atoms with Gasteiger partial charge in [0.25, 0.3) is 0 Å². The second-order valence-corrected chi connectivity index (χ2v) is 10.4. The van der Waals surface area contributed by atoms with Gasteiger partial charge in [0, 0.05) is 45.8 Å². The average Bonchev–Trinajstić information content (AvgIpc) is 3.19. The molecule has 172 valence electrons. The van der Waals surface area contributed by atoms with Crippen LogP contribution in [-0.2, 0) is 31.8 Å². The third-order valence-electron chi connectivity index (χ3n) is 4.60. The molecule has 0 atom stereocenters. The Hall–Kier alpha value is -2.02. The number of benzene rings is 1. The molecule has 0 saturated carbocycles. The van der Waals surface area contributed by atoms with Crippen molar-refractivity contribution in [2.45, 2.75) is 28.6 Å². The molecule has 0 saturated heterocycles. The van der Waals surface area contributed by atoms with Gasteiger partial charge in [-0.1, -0.05) is 41.6 Å². The third-order valence-corrected chi connectivity index (χ3v) is 7.67. The van der Waals surface area contributed by atoms with Gasteiger partial charge in [-0.15, -0.1) is 10.2 Å². The molecule has 3 aromatic rings. The summed E-state index contributed by atoms with van der Waals surface area (Å²) in [6, 6.07) is 10.2. The quantitative estimate of drug-likeness (QED) is 0.239. The van der Waals surface area contributed by atoms with Crippen molar-refractivity contribution in [1.29, 1.82) is 0 Å². The van der Waals surface area contributed by atoms with Crippen LogP contribution in [-0.4, -0.2) is 67.1 Å². The molecular formula is C20H24ClN5O4S2. The van der Waals surface area contributed by atoms with Crippen molar-refractivity contribution in [1.82, 2.24) is 24.1 Å². The van der Waals surface area contributed by atoms with Gasteiger partial charge >= 0.3 is 0 Å². The number of sulfonamides is 1. The van der Waals surface area contributed by atoms with E-state index in [4.69, 9.17) is 21.1 Å². The van der Waals surface area contributed by atoms with E-state index in [1.54, 1.807) is 50.7 Å². The van der Waals surface area contributed by atoms with Gasteiger partial charge in [-0.05, 0) is 23.8 Å². The highest BCUT2D eigenvalue weighted by molar-refractivity contribution is 7.98. The van der Waals surface area contributed by atoms with Crippen molar-refractivity contribution in [2.24, 2.45) is 0 Å². The second kappa shape index (κ2) is 10.7. The lowest BCUT2D eigenvalue weighted by Gasteiger charge is -2.17. The normalized spacial score (nSPS) is 12.1. The molecule has 3 rings (SSSR count). The monoisotopic (exact) mass is 497 g/mol. The number of pyridine rings is 1. The topological polar surface area (TPSA) is 99.4 Å². The smallest absolute Gasteiger partial charge is 0.242 e. The predicted molar refractivity (Wildman–Crippen MR) is 123 cm³/mol. The number of hydrogen-bond acceptors (Lipinski definition) is 8. The van der Waals surface area contributed by atoms with Gasteiger partial charge in [0.15, 0.2) is 17.3 Å². The predicted octanol–water partition coefficient (Wildman–Crippen LogP) is 3.16. The number of hydrogen-bond donors (Lipinski definition) is 0. The average molecular weight is 498 g/mol. The number of thioether (sulfide) groups is 1. The van der Waals surface area contributed by atoms with E-state index in [1.807, 2.05) is 10.6 Å². The Morgan fingerprint density at radius 1 is 1.16 bits per heavy atom. The van der Waals surface area contributed by atoms with Crippen LogP contribution in [0.3, 0.4) is 0 Å². The summed E-state index contributed by atoms with van der Waals surface area (Å²) in [4.78, 5) is 4.27. The number of aromatic nitrogens is 4. The summed E-state index contributed by atoms with van der Waals surface area (Å²) in [6.45, 7) is 0.321. The van der Waals surface area contributed by atoms with Crippen LogP contribution in [0.25, 0.3) is 11.4 Å². The van der Waals surface area contributed by atoms with E-state index in [1.165, 1.54) is 30.2 Å². The van der Waals surface area contributed by atoms with Crippen molar-refractivity contribution in [3.63, 3.8) is 0 Å². The van der Waals surface area contributed by atoms with Crippen molar-refractivity contribution in [2.75, 3.05) is 28.3 Å². The van der Waals surface area contributed by atoms with Crippen LogP contribution in [0, 0.1) is 0 Å². The Morgan fingerprint density at radius 2 is 1.91 bits per heavy atom. The lowest BCUT2D eigenvalue weighted by molar-refractivity contribution is -0.111. The van der Waals surface area contributed by atoms with Crippen LogP contribution in [0.2, 0.25) is 5.15 Å². The maximum Gasteiger partial charge on any atom is 0.242 e. The Bertz CT molecular complexity index is 1150. The maximum atomic E-state index is 12.6. The zero-order chi connectivity index (χ0) is 23.3. The molecule has 12 heteroatoms. The fourth-order valence-corrected chi connectivity index (χ4v) is 4.76. The molecular weight excluding hydrogens is 474 g/mol. The highest BCUT2D eigenvalue weighted by Gasteiger charge is 2.22. The van der Waals surface area contributed by atoms with Gasteiger partial charge in [-0.25, -0.2) is 17.7 Å². The van der Waals surface area contributed by atoms with Crippen LogP contribution in [0.4, 0.5) is 0 Å². The molecule has 0 fully saturated rings. The minimum atomic E-state index is -3.59. The molecule has 0 bridgehead atoms. The van der Waals surface area contributed by atoms with Crippen molar-refractivity contribution < 1.29 is 17.9 Å². The summed E-state index contributed by atoms with van der Waals surface area (Å²) in [5, 5.41) is 9.74. The van der Waals surface area contributed by atoms with Gasteiger partial charge in [0.1, 0.15) is 5.15 Å². The zero-order valence-electron chi connectivity index (χ0n) is 18.1. The molecule has 0 unspecified atom stereocenters. The molecule has 0 aliphatic carbocycles. The summed E-state index contributed by atoms with van der Waals surface area (Å²) in [6.07, 6.45) is 1.18. The molecule has 32 heavy (non-hydrogen) atoms. The van der Waals surface area contributed by atoms with Gasteiger partial charge in [0.2, 0.25) is 10.0 Å². The molecule has 1 aromatic carbocycles. The minimum absolute atomic E-state index is 0.172. The number of methoxy groups -OCH3 is 2. The summed E-state index contributed by atoms with van der Waals surface area (Å²) < 4.78 is 38.9. The SMILES string of the molecule is COC(Cn1c(SCc2ccc(Cl)nc2)nnc1-c1cccc(S(=O)(=O)N(C)C)c1)OC. The number of rotatable bonds is 10. The van der Waals surface area contributed by atoms with Crippen LogP contribution in [0.1, 0.15) is 5.56 Å². The molecule has 0 amide bonds. The minimum Gasteiger partial charge on any atom is -0.354 e. The van der Waals surface area contributed by atoms with Crippen molar-refractivity contribution in [3.8, 4) is 11.4 Å². The summed E-state index contributed by atoms with van der Waals surface area (Å²) in [5.41, 5.74) is 1.59. The lowest BCUT2D eigenvalue weighted by Crippen LogP contribution is -2.22. The number of halogens is 1. The van der Waals surface area contributed by atoms with Crippen LogP contribution in [0.5, 0.6) is 0 Å². The van der Waals surface area contributed by atoms with Crippen LogP contribution >= 0.6 is 23.4 Å². The lowest BCUT2D eigenvalue weighted by atomic mass is 10.2. The van der Waals surface area contributed by atoms with Crippen LogP contribution in [0.15, 0.2) is 52.6 Å². The van der Waals surface area contributed by atoms with Crippen molar-refractivity contribution in [3.05, 3.63) is 53.3 Å². The first-order valence-electron chi connectivity index (χ1n) is 9.51. The van der Waals surface area contributed by atoms with Gasteiger partial charge in [-0.3, -0.25) is 4.57 Å². The maximum absolute atomic E-state index is 12.6.